The zero-order valence-electron chi connectivity index (χ0n) is 16.5. The molecule has 2 N–H and O–H groups in total. The monoisotopic (exact) mass is 426 g/mol. The number of halogens is 1. The number of aryl methyl sites for hydroxylation is 1. The van der Waals surface area contributed by atoms with E-state index in [1.165, 1.54) is 23.1 Å². The van der Waals surface area contributed by atoms with E-state index in [2.05, 4.69) is 27.5 Å². The minimum Gasteiger partial charge on any atom is -0.357 e. The summed E-state index contributed by atoms with van der Waals surface area (Å²) in [5.41, 5.74) is 1.13. The second-order valence-electron chi connectivity index (χ2n) is 6.43. The normalized spacial score (nSPS) is 12.2. The molecule has 2 rings (SSSR count). The van der Waals surface area contributed by atoms with Gasteiger partial charge in [-0.25, -0.2) is 22.8 Å². The number of sulfone groups is 1. The Morgan fingerprint density at radius 1 is 1.25 bits per heavy atom. The highest BCUT2D eigenvalue weighted by atomic mass is 32.2. The van der Waals surface area contributed by atoms with Crippen LogP contribution in [0.4, 0.5) is 4.39 Å². The molecule has 0 saturated carbocycles. The summed E-state index contributed by atoms with van der Waals surface area (Å²) in [6.07, 6.45) is 4.84. The molecule has 0 unspecified atom stereocenters. The molecule has 9 heteroatoms. The molecule has 0 atom stereocenters. The molecule has 0 amide bonds. The number of thiazole rings is 1. The summed E-state index contributed by atoms with van der Waals surface area (Å²) in [6.45, 7) is 5.61. The van der Waals surface area contributed by atoms with Crippen molar-refractivity contribution < 1.29 is 12.8 Å². The minimum absolute atomic E-state index is 0.133. The first-order chi connectivity index (χ1) is 13.3. The lowest BCUT2D eigenvalue weighted by atomic mass is 10.1. The number of hydrogen-bond acceptors (Lipinski definition) is 5. The lowest BCUT2D eigenvalue weighted by molar-refractivity contribution is 0.600. The van der Waals surface area contributed by atoms with Gasteiger partial charge in [0.2, 0.25) is 0 Å². The molecular formula is C19H27FN4O2S2. The van der Waals surface area contributed by atoms with E-state index in [0.29, 0.717) is 30.2 Å². The fourth-order valence-electron chi connectivity index (χ4n) is 2.59. The maximum Gasteiger partial charge on any atom is 0.191 e. The standard InChI is InChI=1S/C19H27FN4O2S2/c1-4-17-12-23-18(27-17)8-9-22-19(21-5-2)24-11-15-10-16(20)7-6-14(15)13-28(3,25)26/h6-7,10,12H,4-5,8-9,11,13H2,1-3H3,(H2,21,22,24). The molecule has 1 heterocycles. The van der Waals surface area contributed by atoms with Crippen molar-refractivity contribution in [3.63, 3.8) is 0 Å². The number of rotatable bonds is 9. The summed E-state index contributed by atoms with van der Waals surface area (Å²) in [4.78, 5) is 10.1. The van der Waals surface area contributed by atoms with E-state index in [1.807, 2.05) is 13.1 Å². The highest BCUT2D eigenvalue weighted by Crippen LogP contribution is 2.16. The first-order valence-electron chi connectivity index (χ1n) is 9.21. The fourth-order valence-corrected chi connectivity index (χ4v) is 4.29. The summed E-state index contributed by atoms with van der Waals surface area (Å²) in [6, 6.07) is 4.13. The third-order valence-corrected chi connectivity index (χ3v) is 5.96. The van der Waals surface area contributed by atoms with Gasteiger partial charge in [0.15, 0.2) is 15.8 Å². The van der Waals surface area contributed by atoms with Crippen molar-refractivity contribution >= 4 is 27.1 Å². The van der Waals surface area contributed by atoms with Crippen molar-refractivity contribution in [2.24, 2.45) is 4.99 Å². The number of aromatic nitrogens is 1. The van der Waals surface area contributed by atoms with E-state index in [1.54, 1.807) is 11.3 Å². The van der Waals surface area contributed by atoms with Crippen molar-refractivity contribution in [2.75, 3.05) is 19.3 Å². The molecule has 0 radical (unpaired) electrons. The van der Waals surface area contributed by atoms with Crippen molar-refractivity contribution in [1.82, 2.24) is 15.6 Å². The van der Waals surface area contributed by atoms with Crippen molar-refractivity contribution in [1.29, 1.82) is 0 Å². The van der Waals surface area contributed by atoms with E-state index in [9.17, 15) is 12.8 Å². The Labute approximate surface area is 170 Å². The Kier molecular flexibility index (Phi) is 8.37. The third-order valence-electron chi connectivity index (χ3n) is 3.92. The Bertz CT molecular complexity index is 910. The number of aliphatic imine (C=N–C) groups is 1. The molecule has 0 aliphatic heterocycles. The quantitative estimate of drug-likeness (QED) is 0.476. The Morgan fingerprint density at radius 2 is 2.04 bits per heavy atom. The maximum atomic E-state index is 13.6. The van der Waals surface area contributed by atoms with Gasteiger partial charge in [-0.2, -0.15) is 0 Å². The predicted molar refractivity (Wildman–Crippen MR) is 113 cm³/mol. The lowest BCUT2D eigenvalue weighted by Gasteiger charge is -2.12. The molecule has 0 aliphatic carbocycles. The summed E-state index contributed by atoms with van der Waals surface area (Å²) in [7, 11) is -3.21. The van der Waals surface area contributed by atoms with Crippen LogP contribution in [-0.2, 0) is 35.0 Å². The van der Waals surface area contributed by atoms with E-state index in [4.69, 9.17) is 0 Å². The van der Waals surface area contributed by atoms with Gasteiger partial charge in [0.1, 0.15) is 5.82 Å². The average molecular weight is 427 g/mol. The molecule has 2 aromatic rings. The second-order valence-corrected chi connectivity index (χ2v) is 9.77. The van der Waals surface area contributed by atoms with Crippen LogP contribution in [0.5, 0.6) is 0 Å². The minimum atomic E-state index is -3.21. The number of guanidine groups is 1. The van der Waals surface area contributed by atoms with Crippen LogP contribution < -0.4 is 10.6 Å². The van der Waals surface area contributed by atoms with Crippen LogP contribution in [-0.4, -0.2) is 38.7 Å². The molecule has 154 valence electrons. The third kappa shape index (κ3) is 7.55. The molecule has 0 aliphatic rings. The largest absolute Gasteiger partial charge is 0.357 e. The van der Waals surface area contributed by atoms with Gasteiger partial charge in [-0.15, -0.1) is 11.3 Å². The van der Waals surface area contributed by atoms with Crippen LogP contribution >= 0.6 is 11.3 Å². The van der Waals surface area contributed by atoms with Gasteiger partial charge in [0.05, 0.1) is 17.3 Å². The molecule has 0 spiro atoms. The highest BCUT2D eigenvalue weighted by Gasteiger charge is 2.11. The van der Waals surface area contributed by atoms with E-state index >= 15 is 0 Å². The number of hydrogen-bond donors (Lipinski definition) is 2. The Balaban J connectivity index is 2.04. The predicted octanol–water partition coefficient (Wildman–Crippen LogP) is 2.69. The SMILES string of the molecule is CCNC(=NCc1cc(F)ccc1CS(C)(=O)=O)NCCc1ncc(CC)s1. The fraction of sp³-hybridized carbons (Fsp3) is 0.474. The van der Waals surface area contributed by atoms with Gasteiger partial charge in [0.25, 0.3) is 0 Å². The van der Waals surface area contributed by atoms with Crippen molar-refractivity contribution in [2.45, 2.75) is 39.0 Å². The van der Waals surface area contributed by atoms with Crippen LogP contribution in [0.2, 0.25) is 0 Å². The van der Waals surface area contributed by atoms with Crippen molar-refractivity contribution in [3.05, 3.63) is 51.2 Å². The van der Waals surface area contributed by atoms with Crippen LogP contribution in [0, 0.1) is 5.82 Å². The molecular weight excluding hydrogens is 399 g/mol. The van der Waals surface area contributed by atoms with Gasteiger partial charge in [0, 0.05) is 36.8 Å². The van der Waals surface area contributed by atoms with E-state index in [-0.39, 0.29) is 12.3 Å². The van der Waals surface area contributed by atoms with Gasteiger partial charge in [-0.05, 0) is 36.6 Å². The summed E-state index contributed by atoms with van der Waals surface area (Å²) < 4.78 is 36.9. The number of nitrogens with zero attached hydrogens (tertiary/aromatic N) is 2. The molecule has 28 heavy (non-hydrogen) atoms. The molecule has 6 nitrogen and oxygen atoms in total. The van der Waals surface area contributed by atoms with Crippen LogP contribution in [0.15, 0.2) is 29.4 Å². The zero-order valence-corrected chi connectivity index (χ0v) is 18.1. The summed E-state index contributed by atoms with van der Waals surface area (Å²) >= 11 is 1.71. The molecule has 0 bridgehead atoms. The first-order valence-corrected chi connectivity index (χ1v) is 12.1. The topological polar surface area (TPSA) is 83.5 Å². The molecule has 0 fully saturated rings. The van der Waals surface area contributed by atoms with Gasteiger partial charge in [-0.3, -0.25) is 0 Å². The summed E-state index contributed by atoms with van der Waals surface area (Å²) in [5.74, 6) is 0.0616. The van der Waals surface area contributed by atoms with Gasteiger partial charge >= 0.3 is 0 Å². The van der Waals surface area contributed by atoms with Crippen LogP contribution in [0.25, 0.3) is 0 Å². The van der Waals surface area contributed by atoms with Crippen molar-refractivity contribution in [3.8, 4) is 0 Å². The van der Waals surface area contributed by atoms with Crippen LogP contribution in [0.1, 0.15) is 34.9 Å². The lowest BCUT2D eigenvalue weighted by Crippen LogP contribution is -2.38. The molecule has 0 saturated heterocycles. The molecule has 1 aromatic heterocycles. The Hall–Kier alpha value is -2.00. The number of benzene rings is 1. The highest BCUT2D eigenvalue weighted by molar-refractivity contribution is 7.89. The zero-order chi connectivity index (χ0) is 20.6. The number of nitrogens with one attached hydrogen (secondary N) is 2. The average Bonchev–Trinajstić information content (AvgIpc) is 3.08. The van der Waals surface area contributed by atoms with E-state index < -0.39 is 15.7 Å². The van der Waals surface area contributed by atoms with Crippen LogP contribution in [0.3, 0.4) is 0 Å². The second kappa shape index (κ2) is 10.5. The Morgan fingerprint density at radius 3 is 2.68 bits per heavy atom. The maximum absolute atomic E-state index is 13.6. The smallest absolute Gasteiger partial charge is 0.191 e. The summed E-state index contributed by atoms with van der Waals surface area (Å²) in [5, 5.41) is 7.46. The van der Waals surface area contributed by atoms with Gasteiger partial charge in [-0.1, -0.05) is 13.0 Å². The van der Waals surface area contributed by atoms with Gasteiger partial charge < -0.3 is 10.6 Å². The first kappa shape index (κ1) is 22.3. The molecule has 1 aromatic carbocycles. The van der Waals surface area contributed by atoms with E-state index in [0.717, 1.165) is 24.1 Å².